The molecular weight excluding hydrogens is 454 g/mol. The minimum absolute atomic E-state index is 0.0173. The zero-order chi connectivity index (χ0) is 23.8. The molecule has 3 aromatic rings. The summed E-state index contributed by atoms with van der Waals surface area (Å²) in [5.74, 6) is -4.77. The van der Waals surface area contributed by atoms with Gasteiger partial charge in [0.15, 0.2) is 0 Å². The number of halogens is 6. The third kappa shape index (κ3) is 4.61. The van der Waals surface area contributed by atoms with Gasteiger partial charge in [0, 0.05) is 31.8 Å². The van der Waals surface area contributed by atoms with Crippen LogP contribution in [0.4, 0.5) is 32.2 Å². The molecule has 4 rings (SSSR count). The summed E-state index contributed by atoms with van der Waals surface area (Å²) in [4.78, 5) is 18.7. The second kappa shape index (κ2) is 8.37. The number of amides is 1. The van der Waals surface area contributed by atoms with Crippen LogP contribution in [-0.4, -0.2) is 55.8 Å². The monoisotopic (exact) mass is 470 g/mol. The van der Waals surface area contributed by atoms with E-state index in [9.17, 15) is 31.1 Å². The minimum atomic E-state index is -4.58. The van der Waals surface area contributed by atoms with Gasteiger partial charge in [-0.2, -0.15) is 28.2 Å². The number of hydrogen-bond donors (Lipinski definition) is 1. The molecule has 1 atom stereocenters. The number of rotatable bonds is 5. The summed E-state index contributed by atoms with van der Waals surface area (Å²) in [7, 11) is 0. The van der Waals surface area contributed by atoms with E-state index in [0.29, 0.717) is 6.20 Å². The third-order valence-electron chi connectivity index (χ3n) is 5.20. The molecule has 1 amide bonds. The Kier molecular flexibility index (Phi) is 5.72. The third-order valence-corrected chi connectivity index (χ3v) is 5.20. The van der Waals surface area contributed by atoms with Crippen molar-refractivity contribution in [3.8, 4) is 5.69 Å². The fourth-order valence-electron chi connectivity index (χ4n) is 3.54. The van der Waals surface area contributed by atoms with Gasteiger partial charge in [-0.25, -0.2) is 18.2 Å². The summed E-state index contributed by atoms with van der Waals surface area (Å²) < 4.78 is 81.0. The molecule has 0 saturated carbocycles. The highest BCUT2D eigenvalue weighted by Gasteiger charge is 2.51. The van der Waals surface area contributed by atoms with Crippen LogP contribution in [0.5, 0.6) is 0 Å². The van der Waals surface area contributed by atoms with Crippen LogP contribution in [0.3, 0.4) is 0 Å². The molecule has 33 heavy (non-hydrogen) atoms. The van der Waals surface area contributed by atoms with Crippen LogP contribution in [0.2, 0.25) is 0 Å². The van der Waals surface area contributed by atoms with Crippen molar-refractivity contribution in [1.82, 2.24) is 24.9 Å². The largest absolute Gasteiger partial charge is 0.417 e. The number of pyridine rings is 1. The first-order valence-corrected chi connectivity index (χ1v) is 9.68. The first-order valence-electron chi connectivity index (χ1n) is 9.68. The highest BCUT2D eigenvalue weighted by Crippen LogP contribution is 2.36. The predicted molar refractivity (Wildman–Crippen MR) is 103 cm³/mol. The zero-order valence-corrected chi connectivity index (χ0v) is 16.7. The van der Waals surface area contributed by atoms with Crippen LogP contribution in [0.1, 0.15) is 22.3 Å². The van der Waals surface area contributed by atoms with E-state index in [2.05, 4.69) is 20.5 Å². The second-order valence-electron chi connectivity index (χ2n) is 7.32. The van der Waals surface area contributed by atoms with Crippen molar-refractivity contribution in [2.24, 2.45) is 0 Å². The summed E-state index contributed by atoms with van der Waals surface area (Å²) in [6, 6.07) is 3.37. The Labute approximate surface area is 183 Å². The summed E-state index contributed by atoms with van der Waals surface area (Å²) in [6.07, 6.45) is -1.98. The lowest BCUT2D eigenvalue weighted by Gasteiger charge is -2.28. The lowest BCUT2D eigenvalue weighted by Crippen LogP contribution is -2.47. The average molecular weight is 470 g/mol. The Morgan fingerprint density at radius 1 is 1.15 bits per heavy atom. The molecule has 1 saturated heterocycles. The molecule has 1 aromatic carbocycles. The summed E-state index contributed by atoms with van der Waals surface area (Å²) >= 11 is 0. The van der Waals surface area contributed by atoms with Crippen molar-refractivity contribution >= 4 is 11.7 Å². The molecule has 2 aromatic heterocycles. The number of likely N-dealkylation sites (tertiary alicyclic amines) is 1. The van der Waals surface area contributed by atoms with Crippen molar-refractivity contribution in [2.45, 2.75) is 24.6 Å². The quantitative estimate of drug-likeness (QED) is 0.575. The molecule has 1 aliphatic rings. The Bertz CT molecular complexity index is 1130. The van der Waals surface area contributed by atoms with Crippen LogP contribution in [0.25, 0.3) is 5.69 Å². The molecule has 3 heterocycles. The number of aromatic nitrogens is 4. The zero-order valence-electron chi connectivity index (χ0n) is 16.7. The smallest absolute Gasteiger partial charge is 0.368 e. The Morgan fingerprint density at radius 3 is 2.52 bits per heavy atom. The molecule has 1 N–H and O–H groups in total. The van der Waals surface area contributed by atoms with Gasteiger partial charge in [0.05, 0.1) is 23.5 Å². The number of carbonyl (C=O) groups is 1. The average Bonchev–Trinajstić information content (AvgIpc) is 3.39. The van der Waals surface area contributed by atoms with Gasteiger partial charge < -0.3 is 10.2 Å². The van der Waals surface area contributed by atoms with E-state index in [4.69, 9.17) is 0 Å². The van der Waals surface area contributed by atoms with Crippen molar-refractivity contribution in [2.75, 3.05) is 18.4 Å². The molecule has 0 aliphatic carbocycles. The maximum Gasteiger partial charge on any atom is 0.417 e. The number of carbonyl (C=O) groups excluding carboxylic acids is 1. The summed E-state index contributed by atoms with van der Waals surface area (Å²) in [5.41, 5.74) is -1.08. The molecular formula is C20H16F6N6O. The van der Waals surface area contributed by atoms with Crippen molar-refractivity contribution in [3.05, 3.63) is 65.9 Å². The van der Waals surface area contributed by atoms with Gasteiger partial charge in [0.25, 0.3) is 11.8 Å². The molecule has 1 fully saturated rings. The van der Waals surface area contributed by atoms with E-state index in [0.717, 1.165) is 40.0 Å². The molecule has 0 spiro atoms. The predicted octanol–water partition coefficient (Wildman–Crippen LogP) is 3.78. The maximum atomic E-state index is 14.6. The number of benzene rings is 1. The van der Waals surface area contributed by atoms with Crippen molar-refractivity contribution in [3.63, 3.8) is 0 Å². The Balaban J connectivity index is 1.56. The van der Waals surface area contributed by atoms with Crippen molar-refractivity contribution in [1.29, 1.82) is 0 Å². The van der Waals surface area contributed by atoms with Gasteiger partial charge in [-0.3, -0.25) is 4.79 Å². The van der Waals surface area contributed by atoms with Gasteiger partial charge >= 0.3 is 6.18 Å². The first-order chi connectivity index (χ1) is 15.6. The lowest BCUT2D eigenvalue weighted by molar-refractivity contribution is -0.137. The number of hydrogen-bond acceptors (Lipinski definition) is 5. The van der Waals surface area contributed by atoms with Crippen LogP contribution in [-0.2, 0) is 6.18 Å². The lowest BCUT2D eigenvalue weighted by atomic mass is 10.1. The first kappa shape index (κ1) is 22.6. The fraction of sp³-hybridized carbons (Fsp3) is 0.300. The molecule has 0 radical (unpaired) electrons. The van der Waals surface area contributed by atoms with Crippen LogP contribution >= 0.6 is 0 Å². The fourth-order valence-corrected chi connectivity index (χ4v) is 3.54. The number of nitrogens with one attached hydrogen (secondary N) is 1. The van der Waals surface area contributed by atoms with Crippen LogP contribution in [0.15, 0.2) is 48.9 Å². The van der Waals surface area contributed by atoms with Crippen LogP contribution in [0, 0.1) is 5.82 Å². The van der Waals surface area contributed by atoms with Gasteiger partial charge in [-0.1, -0.05) is 0 Å². The number of anilines is 1. The molecule has 13 heteroatoms. The van der Waals surface area contributed by atoms with E-state index in [1.807, 2.05) is 0 Å². The number of nitrogens with zero attached hydrogens (tertiary/aromatic N) is 5. The summed E-state index contributed by atoms with van der Waals surface area (Å²) in [5, 5.41) is 10.3. The second-order valence-corrected chi connectivity index (χ2v) is 7.32. The number of alkyl halides is 5. The van der Waals surface area contributed by atoms with Gasteiger partial charge in [0.2, 0.25) is 0 Å². The normalized spacial score (nSPS) is 17.9. The van der Waals surface area contributed by atoms with E-state index < -0.39 is 48.4 Å². The molecule has 1 aliphatic heterocycles. The van der Waals surface area contributed by atoms with Crippen LogP contribution < -0.4 is 5.32 Å². The van der Waals surface area contributed by atoms with Gasteiger partial charge in [0.1, 0.15) is 23.4 Å². The highest BCUT2D eigenvalue weighted by molar-refractivity contribution is 5.98. The Morgan fingerprint density at radius 2 is 1.88 bits per heavy atom. The highest BCUT2D eigenvalue weighted by atomic mass is 19.4. The minimum Gasteiger partial charge on any atom is -0.368 e. The molecule has 174 valence electrons. The maximum absolute atomic E-state index is 14.6. The molecule has 0 unspecified atom stereocenters. The van der Waals surface area contributed by atoms with Crippen molar-refractivity contribution < 1.29 is 31.1 Å². The topological polar surface area (TPSA) is 75.9 Å². The van der Waals surface area contributed by atoms with Gasteiger partial charge in [-0.15, -0.1) is 0 Å². The van der Waals surface area contributed by atoms with E-state index in [-0.39, 0.29) is 23.6 Å². The standard InChI is InChI=1S/C20H16F6N6O/c21-13-2-3-14(15(9-13)32-29-6-7-30-32)18(33)31-8-5-19(22,23)16(31)11-28-17-4-1-12(10-27-17)20(24,25)26/h1-4,6-7,9-10,16H,5,8,11H2,(H,27,28)/t16-/m1/s1. The van der Waals surface area contributed by atoms with E-state index in [1.165, 1.54) is 12.4 Å². The van der Waals surface area contributed by atoms with E-state index in [1.54, 1.807) is 0 Å². The SMILES string of the molecule is O=C(c1ccc(F)cc1-n1nccn1)N1CCC(F)(F)[C@H]1CNc1ccc(C(F)(F)F)cn1. The molecule has 7 nitrogen and oxygen atoms in total. The summed E-state index contributed by atoms with van der Waals surface area (Å²) in [6.45, 7) is -0.740. The Hall–Kier alpha value is -3.64. The van der Waals surface area contributed by atoms with E-state index >= 15 is 0 Å². The molecule has 0 bridgehead atoms. The van der Waals surface area contributed by atoms with Gasteiger partial charge in [-0.05, 0) is 24.3 Å².